The molecule has 0 radical (unpaired) electrons. The zero-order valence-electron chi connectivity index (χ0n) is 32.8. The Morgan fingerprint density at radius 3 is 1.62 bits per heavy atom. The quantitative estimate of drug-likeness (QED) is 0.170. The standard InChI is InChI=1S/C50H40N8/c1-31-33(3)50(38-23-41(57-45-17-9-5-13-35(45)27-53-57)26-42(24-38)58-46-18-10-6-14-36(46)28-54-58)34(4)32(2)49(31)37-21-39(55-29-51-43-15-7-11-19-47(43)55)25-40(22-37)56-30-52-44-16-8-12-20-48(44)56/h5-11,13-19,21-30H,12,20H2,1-4H3. The Morgan fingerprint density at radius 1 is 0.500 bits per heavy atom. The third-order valence-corrected chi connectivity index (χ3v) is 12.2. The van der Waals surface area contributed by atoms with Crippen LogP contribution in [0.25, 0.3) is 83.9 Å². The van der Waals surface area contributed by atoms with Crippen LogP contribution in [-0.4, -0.2) is 38.7 Å². The van der Waals surface area contributed by atoms with E-state index in [9.17, 15) is 0 Å². The zero-order chi connectivity index (χ0) is 39.1. The van der Waals surface area contributed by atoms with Crippen LogP contribution in [0.15, 0.2) is 140 Å². The Labute approximate surface area is 336 Å². The van der Waals surface area contributed by atoms with Gasteiger partial charge in [0.1, 0.15) is 12.7 Å². The number of benzene rings is 6. The first-order chi connectivity index (χ1) is 28.4. The lowest BCUT2D eigenvalue weighted by Gasteiger charge is -2.23. The van der Waals surface area contributed by atoms with E-state index < -0.39 is 0 Å². The minimum Gasteiger partial charge on any atom is -0.303 e. The molecule has 0 aliphatic heterocycles. The van der Waals surface area contributed by atoms with E-state index in [2.05, 4.69) is 152 Å². The SMILES string of the molecule is Cc1c(C)c(-c2cc(-n3ncc4ccccc43)cc(-n3ncc4ccccc43)c2)c(C)c(C)c1-c1cc(-n2cnc3c2CCC=C3)cc(-n2cnc3ccccc32)c1. The molecule has 8 nitrogen and oxygen atoms in total. The van der Waals surface area contributed by atoms with Gasteiger partial charge in [0.15, 0.2) is 0 Å². The van der Waals surface area contributed by atoms with Crippen molar-refractivity contribution in [1.29, 1.82) is 0 Å². The number of rotatable bonds is 6. The van der Waals surface area contributed by atoms with Crippen molar-refractivity contribution in [2.75, 3.05) is 0 Å². The Morgan fingerprint density at radius 2 is 1.00 bits per heavy atom. The Balaban J connectivity index is 1.13. The topological polar surface area (TPSA) is 71.3 Å². The third-order valence-electron chi connectivity index (χ3n) is 12.2. The molecule has 0 saturated heterocycles. The van der Waals surface area contributed by atoms with Gasteiger partial charge in [-0.2, -0.15) is 10.2 Å². The molecule has 4 aromatic heterocycles. The summed E-state index contributed by atoms with van der Waals surface area (Å²) < 4.78 is 8.57. The molecular formula is C50H40N8. The molecule has 280 valence electrons. The number of fused-ring (bicyclic) bond motifs is 4. The van der Waals surface area contributed by atoms with E-state index in [-0.39, 0.29) is 0 Å². The predicted molar refractivity (Wildman–Crippen MR) is 235 cm³/mol. The number of aromatic nitrogens is 8. The second-order valence-corrected chi connectivity index (χ2v) is 15.4. The molecule has 0 amide bonds. The van der Waals surface area contributed by atoms with Crippen molar-refractivity contribution in [3.8, 4) is 45.0 Å². The van der Waals surface area contributed by atoms with Crippen molar-refractivity contribution in [2.45, 2.75) is 40.5 Å². The minimum atomic E-state index is 0.952. The molecule has 1 aliphatic carbocycles. The summed E-state index contributed by atoms with van der Waals surface area (Å²) in [5.74, 6) is 0. The van der Waals surface area contributed by atoms with Gasteiger partial charge in [0, 0.05) is 22.1 Å². The van der Waals surface area contributed by atoms with E-state index in [1.165, 1.54) is 39.1 Å². The number of nitrogens with zero attached hydrogens (tertiary/aromatic N) is 8. The maximum absolute atomic E-state index is 4.89. The summed E-state index contributed by atoms with van der Waals surface area (Å²) in [6, 6.07) is 38.7. The average Bonchev–Trinajstić information content (AvgIpc) is 4.08. The van der Waals surface area contributed by atoms with Gasteiger partial charge in [-0.25, -0.2) is 19.3 Å². The fourth-order valence-electron chi connectivity index (χ4n) is 9.11. The van der Waals surface area contributed by atoms with Crippen LogP contribution in [0.4, 0.5) is 0 Å². The number of hydrogen-bond acceptors (Lipinski definition) is 4. The summed E-state index contributed by atoms with van der Waals surface area (Å²) in [6.45, 7) is 9.09. The second-order valence-electron chi connectivity index (χ2n) is 15.4. The molecule has 0 spiro atoms. The van der Waals surface area contributed by atoms with Crippen LogP contribution in [0.2, 0.25) is 0 Å². The first kappa shape index (κ1) is 34.0. The molecule has 4 heterocycles. The van der Waals surface area contributed by atoms with Gasteiger partial charge < -0.3 is 4.57 Å². The molecule has 0 bridgehead atoms. The molecule has 0 fully saturated rings. The van der Waals surface area contributed by atoms with Crippen LogP contribution in [0.3, 0.4) is 0 Å². The monoisotopic (exact) mass is 752 g/mol. The molecule has 8 heteroatoms. The summed E-state index contributed by atoms with van der Waals surface area (Å²) in [5.41, 5.74) is 20.3. The molecule has 1 aliphatic rings. The lowest BCUT2D eigenvalue weighted by atomic mass is 9.83. The molecule has 6 aromatic carbocycles. The fraction of sp³-hybridized carbons (Fsp3) is 0.120. The lowest BCUT2D eigenvalue weighted by molar-refractivity contribution is 0.873. The maximum atomic E-state index is 4.89. The van der Waals surface area contributed by atoms with E-state index >= 15 is 0 Å². The highest BCUT2D eigenvalue weighted by molar-refractivity contribution is 5.88. The third kappa shape index (κ3) is 5.29. The van der Waals surface area contributed by atoms with Crippen molar-refractivity contribution in [1.82, 2.24) is 38.7 Å². The van der Waals surface area contributed by atoms with Crippen LogP contribution in [0, 0.1) is 27.7 Å². The minimum absolute atomic E-state index is 0.952. The van der Waals surface area contributed by atoms with Crippen molar-refractivity contribution in [2.24, 2.45) is 0 Å². The molecule has 0 unspecified atom stereocenters. The lowest BCUT2D eigenvalue weighted by Crippen LogP contribution is -2.06. The second kappa shape index (κ2) is 13.1. The van der Waals surface area contributed by atoms with E-state index in [1.54, 1.807) is 0 Å². The van der Waals surface area contributed by atoms with Gasteiger partial charge in [-0.15, -0.1) is 0 Å². The average molecular weight is 753 g/mol. The van der Waals surface area contributed by atoms with Gasteiger partial charge in [-0.05, 0) is 152 Å². The molecule has 0 atom stereocenters. The molecule has 58 heavy (non-hydrogen) atoms. The highest BCUT2D eigenvalue weighted by atomic mass is 15.3. The zero-order valence-corrected chi connectivity index (χ0v) is 32.8. The van der Waals surface area contributed by atoms with E-state index in [0.717, 1.165) is 85.3 Å². The normalized spacial score (nSPS) is 12.6. The van der Waals surface area contributed by atoms with Crippen LogP contribution < -0.4 is 0 Å². The van der Waals surface area contributed by atoms with Crippen molar-refractivity contribution < 1.29 is 0 Å². The van der Waals surface area contributed by atoms with Gasteiger partial charge in [0.05, 0.1) is 57.2 Å². The first-order valence-corrected chi connectivity index (χ1v) is 19.8. The van der Waals surface area contributed by atoms with E-state index in [4.69, 9.17) is 20.2 Å². The predicted octanol–water partition coefficient (Wildman–Crippen LogP) is 11.4. The number of para-hydroxylation sites is 4. The first-order valence-electron chi connectivity index (χ1n) is 19.8. The van der Waals surface area contributed by atoms with Crippen LogP contribution in [-0.2, 0) is 6.42 Å². The van der Waals surface area contributed by atoms with Crippen LogP contribution >= 0.6 is 0 Å². The Hall–Kier alpha value is -7.32. The number of hydrogen-bond donors (Lipinski definition) is 0. The van der Waals surface area contributed by atoms with Crippen LogP contribution in [0.5, 0.6) is 0 Å². The summed E-state index contributed by atoms with van der Waals surface area (Å²) in [6.07, 6.45) is 14.1. The van der Waals surface area contributed by atoms with Gasteiger partial charge >= 0.3 is 0 Å². The summed E-state index contributed by atoms with van der Waals surface area (Å²) in [4.78, 5) is 9.59. The number of imidazole rings is 2. The highest BCUT2D eigenvalue weighted by Gasteiger charge is 2.22. The smallest absolute Gasteiger partial charge is 0.100 e. The molecule has 11 rings (SSSR count). The Kier molecular flexibility index (Phi) is 7.69. The fourth-order valence-corrected chi connectivity index (χ4v) is 9.11. The van der Waals surface area contributed by atoms with Crippen molar-refractivity contribution >= 4 is 38.9 Å². The van der Waals surface area contributed by atoms with E-state index in [1.807, 2.05) is 40.5 Å². The van der Waals surface area contributed by atoms with Gasteiger partial charge in [-0.1, -0.05) is 54.6 Å². The molecule has 10 aromatic rings. The Bertz CT molecular complexity index is 3170. The van der Waals surface area contributed by atoms with E-state index in [0.29, 0.717) is 0 Å². The summed E-state index contributed by atoms with van der Waals surface area (Å²) in [7, 11) is 0. The molecular weight excluding hydrogens is 713 g/mol. The van der Waals surface area contributed by atoms with Gasteiger partial charge in [0.2, 0.25) is 0 Å². The maximum Gasteiger partial charge on any atom is 0.100 e. The van der Waals surface area contributed by atoms with Gasteiger partial charge in [-0.3, -0.25) is 4.57 Å². The van der Waals surface area contributed by atoms with Crippen LogP contribution in [0.1, 0.15) is 40.1 Å². The number of allylic oxidation sites excluding steroid dienone is 1. The highest BCUT2D eigenvalue weighted by Crippen LogP contribution is 2.42. The summed E-state index contributed by atoms with van der Waals surface area (Å²) >= 11 is 0. The van der Waals surface area contributed by atoms with Crippen molar-refractivity contribution in [3.05, 3.63) is 174 Å². The summed E-state index contributed by atoms with van der Waals surface area (Å²) in [5, 5.41) is 12.0. The molecule has 0 saturated carbocycles. The molecule has 0 N–H and O–H groups in total. The van der Waals surface area contributed by atoms with Gasteiger partial charge in [0.25, 0.3) is 0 Å². The van der Waals surface area contributed by atoms with Crippen molar-refractivity contribution in [3.63, 3.8) is 0 Å². The largest absolute Gasteiger partial charge is 0.303 e.